The molecule has 0 aliphatic rings. The molecule has 0 radical (unpaired) electrons. The first kappa shape index (κ1) is 12.7. The molecule has 5 heteroatoms. The van der Waals surface area contributed by atoms with E-state index < -0.39 is 0 Å². The number of nitrogens with zero attached hydrogens (tertiary/aromatic N) is 1. The quantitative estimate of drug-likeness (QED) is 0.940. The van der Waals surface area contributed by atoms with Crippen LogP contribution in [0.3, 0.4) is 0 Å². The highest BCUT2D eigenvalue weighted by Gasteiger charge is 2.12. The normalized spacial score (nSPS) is 12.7. The first-order chi connectivity index (χ1) is 8.06. The molecule has 1 aromatic heterocycles. The second kappa shape index (κ2) is 5.25. The highest BCUT2D eigenvalue weighted by atomic mass is 79.9. The number of hydrogen-bond acceptors (Lipinski definition) is 3. The third kappa shape index (κ3) is 3.12. The first-order valence-electron chi connectivity index (χ1n) is 5.18. The topological polar surface area (TPSA) is 38.9 Å². The van der Waals surface area contributed by atoms with E-state index in [2.05, 4.69) is 20.9 Å². The van der Waals surface area contributed by atoms with Gasteiger partial charge in [0.05, 0.1) is 16.7 Å². The van der Waals surface area contributed by atoms with E-state index in [0.29, 0.717) is 6.42 Å². The lowest BCUT2D eigenvalue weighted by Gasteiger charge is -2.10. The van der Waals surface area contributed by atoms with Crippen LogP contribution in [0.15, 0.2) is 28.1 Å². The van der Waals surface area contributed by atoms with Gasteiger partial charge in [-0.2, -0.15) is 0 Å². The molecule has 0 fully saturated rings. The Morgan fingerprint density at radius 3 is 2.94 bits per heavy atom. The Labute approximate surface area is 112 Å². The van der Waals surface area contributed by atoms with Crippen molar-refractivity contribution in [3.05, 3.63) is 50.1 Å². The maximum Gasteiger partial charge on any atom is 0.123 e. The Hall–Kier alpha value is -0.780. The van der Waals surface area contributed by atoms with Gasteiger partial charge >= 0.3 is 0 Å². The standard InChI is InChI=1S/C12H12BrFN2S/c1-7-16-12(6-17-7)11(15)5-8-4-9(14)2-3-10(8)13/h2-4,6,11H,5,15H2,1H3. The van der Waals surface area contributed by atoms with Crippen molar-refractivity contribution in [3.8, 4) is 0 Å². The smallest absolute Gasteiger partial charge is 0.123 e. The number of hydrogen-bond donors (Lipinski definition) is 1. The summed E-state index contributed by atoms with van der Waals surface area (Å²) in [4.78, 5) is 4.34. The molecule has 0 aliphatic heterocycles. The molecule has 0 amide bonds. The van der Waals surface area contributed by atoms with Crippen LogP contribution in [0.1, 0.15) is 22.3 Å². The van der Waals surface area contributed by atoms with E-state index in [-0.39, 0.29) is 11.9 Å². The predicted octanol–water partition coefficient (Wildman–Crippen LogP) is 3.60. The highest BCUT2D eigenvalue weighted by molar-refractivity contribution is 9.10. The van der Waals surface area contributed by atoms with Crippen molar-refractivity contribution >= 4 is 27.3 Å². The third-order valence-electron chi connectivity index (χ3n) is 2.46. The number of aromatic nitrogens is 1. The van der Waals surface area contributed by atoms with E-state index in [4.69, 9.17) is 5.73 Å². The average Bonchev–Trinajstić information content (AvgIpc) is 2.70. The molecule has 0 bridgehead atoms. The second-order valence-electron chi connectivity index (χ2n) is 3.84. The SMILES string of the molecule is Cc1nc(C(N)Cc2cc(F)ccc2Br)cs1. The molecule has 2 aromatic rings. The molecule has 1 atom stereocenters. The number of nitrogens with two attached hydrogens (primary N) is 1. The summed E-state index contributed by atoms with van der Waals surface area (Å²) < 4.78 is 14.0. The lowest BCUT2D eigenvalue weighted by molar-refractivity contribution is 0.620. The summed E-state index contributed by atoms with van der Waals surface area (Å²) in [6.45, 7) is 1.94. The van der Waals surface area contributed by atoms with Crippen LogP contribution < -0.4 is 5.73 Å². The number of aryl methyl sites for hydroxylation is 1. The largest absolute Gasteiger partial charge is 0.322 e. The van der Waals surface area contributed by atoms with Gasteiger partial charge in [-0.05, 0) is 37.1 Å². The van der Waals surface area contributed by atoms with Crippen LogP contribution in [0, 0.1) is 12.7 Å². The Bertz CT molecular complexity index is 527. The van der Waals surface area contributed by atoms with E-state index in [1.54, 1.807) is 17.4 Å². The van der Waals surface area contributed by atoms with Crippen molar-refractivity contribution in [1.29, 1.82) is 0 Å². The summed E-state index contributed by atoms with van der Waals surface area (Å²) in [6, 6.07) is 4.43. The Morgan fingerprint density at radius 1 is 1.53 bits per heavy atom. The Kier molecular flexibility index (Phi) is 3.91. The van der Waals surface area contributed by atoms with Crippen molar-refractivity contribution < 1.29 is 4.39 Å². The molecular weight excluding hydrogens is 303 g/mol. The minimum absolute atomic E-state index is 0.196. The van der Waals surface area contributed by atoms with Crippen LogP contribution in [0.25, 0.3) is 0 Å². The molecule has 2 nitrogen and oxygen atoms in total. The monoisotopic (exact) mass is 314 g/mol. The number of thiazole rings is 1. The Balaban J connectivity index is 2.18. The van der Waals surface area contributed by atoms with E-state index in [9.17, 15) is 4.39 Å². The molecule has 0 aliphatic carbocycles. The molecular formula is C12H12BrFN2S. The minimum atomic E-state index is -0.246. The van der Waals surface area contributed by atoms with Crippen molar-refractivity contribution in [2.24, 2.45) is 5.73 Å². The number of halogens is 2. The van der Waals surface area contributed by atoms with Crippen LogP contribution >= 0.6 is 27.3 Å². The maximum atomic E-state index is 13.1. The maximum absolute atomic E-state index is 13.1. The van der Waals surface area contributed by atoms with Gasteiger partial charge in [0.2, 0.25) is 0 Å². The molecule has 1 aromatic carbocycles. The van der Waals surface area contributed by atoms with Crippen LogP contribution in [0.4, 0.5) is 4.39 Å². The fourth-order valence-electron chi connectivity index (χ4n) is 1.59. The van der Waals surface area contributed by atoms with Gasteiger partial charge in [0.15, 0.2) is 0 Å². The molecule has 2 rings (SSSR count). The zero-order valence-electron chi connectivity index (χ0n) is 9.28. The summed E-state index contributed by atoms with van der Waals surface area (Å²) in [5.74, 6) is -0.246. The minimum Gasteiger partial charge on any atom is -0.322 e. The number of benzene rings is 1. The molecule has 0 spiro atoms. The van der Waals surface area contributed by atoms with Crippen molar-refractivity contribution in [3.63, 3.8) is 0 Å². The van der Waals surface area contributed by atoms with E-state index >= 15 is 0 Å². The average molecular weight is 315 g/mol. The van der Waals surface area contributed by atoms with Gasteiger partial charge in [-0.15, -0.1) is 11.3 Å². The van der Waals surface area contributed by atoms with Crippen molar-refractivity contribution in [2.75, 3.05) is 0 Å². The first-order valence-corrected chi connectivity index (χ1v) is 6.85. The molecule has 2 N–H and O–H groups in total. The number of rotatable bonds is 3. The van der Waals surface area contributed by atoms with Gasteiger partial charge in [-0.3, -0.25) is 0 Å². The van der Waals surface area contributed by atoms with Crippen molar-refractivity contribution in [2.45, 2.75) is 19.4 Å². The van der Waals surface area contributed by atoms with E-state index in [1.807, 2.05) is 12.3 Å². The van der Waals surface area contributed by atoms with Crippen molar-refractivity contribution in [1.82, 2.24) is 4.98 Å². The predicted molar refractivity (Wildman–Crippen MR) is 71.6 cm³/mol. The molecule has 90 valence electrons. The zero-order chi connectivity index (χ0) is 12.4. The van der Waals surface area contributed by atoms with Gasteiger partial charge < -0.3 is 5.73 Å². The fraction of sp³-hybridized carbons (Fsp3) is 0.250. The van der Waals surface area contributed by atoms with E-state index in [0.717, 1.165) is 20.7 Å². The highest BCUT2D eigenvalue weighted by Crippen LogP contribution is 2.24. The van der Waals surface area contributed by atoms with Crippen LogP contribution in [-0.4, -0.2) is 4.98 Å². The van der Waals surface area contributed by atoms with E-state index in [1.165, 1.54) is 12.1 Å². The lowest BCUT2D eigenvalue weighted by Crippen LogP contribution is -2.14. The van der Waals surface area contributed by atoms with Gasteiger partial charge in [-0.25, -0.2) is 9.37 Å². The Morgan fingerprint density at radius 2 is 2.29 bits per heavy atom. The summed E-state index contributed by atoms with van der Waals surface area (Å²) >= 11 is 4.97. The van der Waals surface area contributed by atoms with Gasteiger partial charge in [0.1, 0.15) is 5.82 Å². The molecule has 0 saturated carbocycles. The zero-order valence-corrected chi connectivity index (χ0v) is 11.7. The van der Waals surface area contributed by atoms with Gasteiger partial charge in [0, 0.05) is 9.85 Å². The summed E-state index contributed by atoms with van der Waals surface area (Å²) in [7, 11) is 0. The fourth-order valence-corrected chi connectivity index (χ4v) is 2.68. The lowest BCUT2D eigenvalue weighted by atomic mass is 10.0. The third-order valence-corrected chi connectivity index (χ3v) is 4.03. The molecule has 17 heavy (non-hydrogen) atoms. The summed E-state index contributed by atoms with van der Waals surface area (Å²) in [5, 5.41) is 2.95. The van der Waals surface area contributed by atoms with Crippen LogP contribution in [-0.2, 0) is 6.42 Å². The summed E-state index contributed by atoms with van der Waals surface area (Å²) in [6.07, 6.45) is 0.571. The summed E-state index contributed by atoms with van der Waals surface area (Å²) in [5.41, 5.74) is 7.79. The second-order valence-corrected chi connectivity index (χ2v) is 5.75. The van der Waals surface area contributed by atoms with Crippen LogP contribution in [0.2, 0.25) is 0 Å². The molecule has 1 heterocycles. The molecule has 1 unspecified atom stereocenters. The van der Waals surface area contributed by atoms with Crippen LogP contribution in [0.5, 0.6) is 0 Å². The molecule has 0 saturated heterocycles. The van der Waals surface area contributed by atoms with Gasteiger partial charge in [-0.1, -0.05) is 15.9 Å². The van der Waals surface area contributed by atoms with Gasteiger partial charge in [0.25, 0.3) is 0 Å².